The second-order valence-electron chi connectivity index (χ2n) is 7.11. The van der Waals surface area contributed by atoms with Gasteiger partial charge in [0.25, 0.3) is 5.56 Å². The van der Waals surface area contributed by atoms with Gasteiger partial charge >= 0.3 is 5.63 Å². The number of aromatic nitrogens is 2. The van der Waals surface area contributed by atoms with Crippen molar-refractivity contribution in [2.45, 2.75) is 19.8 Å². The van der Waals surface area contributed by atoms with Crippen LogP contribution in [0, 0.1) is 6.92 Å². The lowest BCUT2D eigenvalue weighted by molar-refractivity contribution is -0.116. The lowest BCUT2D eigenvalue weighted by Crippen LogP contribution is -2.38. The molecule has 2 aromatic heterocycles. The number of carbonyl (C=O) groups excluding carboxylic acids is 1. The summed E-state index contributed by atoms with van der Waals surface area (Å²) in [6, 6.07) is 8.00. The Labute approximate surface area is 171 Å². The van der Waals surface area contributed by atoms with Gasteiger partial charge < -0.3 is 19.4 Å². The van der Waals surface area contributed by atoms with Crippen LogP contribution in [0.25, 0.3) is 11.0 Å². The van der Waals surface area contributed by atoms with Crippen LogP contribution in [-0.4, -0.2) is 42.2 Å². The summed E-state index contributed by atoms with van der Waals surface area (Å²) in [5.74, 6) is 0.319. The van der Waals surface area contributed by atoms with Crippen LogP contribution in [0.1, 0.15) is 17.7 Å². The average Bonchev–Trinajstić information content (AvgIpc) is 2.74. The van der Waals surface area contributed by atoms with Gasteiger partial charge in [-0.1, -0.05) is 0 Å². The first-order valence-electron chi connectivity index (χ1n) is 9.76. The Morgan fingerprint density at radius 3 is 2.77 bits per heavy atom. The Kier molecular flexibility index (Phi) is 5.62. The van der Waals surface area contributed by atoms with Crippen molar-refractivity contribution in [1.29, 1.82) is 0 Å². The zero-order valence-electron chi connectivity index (χ0n) is 16.6. The summed E-state index contributed by atoms with van der Waals surface area (Å²) in [5.41, 5.74) is 1.52. The van der Waals surface area contributed by atoms with E-state index < -0.39 is 5.63 Å². The van der Waals surface area contributed by atoms with Crippen LogP contribution in [0.3, 0.4) is 0 Å². The number of anilines is 2. The number of ether oxygens (including phenoxy) is 1. The number of nitrogens with zero attached hydrogens (tertiary/aromatic N) is 2. The Balaban J connectivity index is 1.41. The maximum atomic E-state index is 12.5. The van der Waals surface area contributed by atoms with E-state index in [1.165, 1.54) is 6.07 Å². The van der Waals surface area contributed by atoms with Crippen molar-refractivity contribution in [1.82, 2.24) is 9.97 Å². The van der Waals surface area contributed by atoms with Crippen LogP contribution in [0.2, 0.25) is 0 Å². The quantitative estimate of drug-likeness (QED) is 0.614. The molecule has 0 atom stereocenters. The van der Waals surface area contributed by atoms with Gasteiger partial charge in [0.05, 0.1) is 13.2 Å². The monoisotopic (exact) mass is 410 g/mol. The van der Waals surface area contributed by atoms with Crippen molar-refractivity contribution in [3.63, 3.8) is 0 Å². The molecule has 156 valence electrons. The molecule has 1 aliphatic heterocycles. The summed E-state index contributed by atoms with van der Waals surface area (Å²) < 4.78 is 10.4. The molecule has 2 N–H and O–H groups in total. The van der Waals surface area contributed by atoms with Crippen molar-refractivity contribution in [3.05, 3.63) is 62.4 Å². The highest BCUT2D eigenvalue weighted by atomic mass is 16.5. The van der Waals surface area contributed by atoms with E-state index in [0.717, 1.165) is 0 Å². The third kappa shape index (κ3) is 4.41. The summed E-state index contributed by atoms with van der Waals surface area (Å²) in [5, 5.41) is 3.52. The molecule has 0 saturated carbocycles. The largest absolute Gasteiger partial charge is 0.423 e. The van der Waals surface area contributed by atoms with E-state index in [-0.39, 0.29) is 24.3 Å². The Morgan fingerprint density at radius 2 is 2.00 bits per heavy atom. The fourth-order valence-corrected chi connectivity index (χ4v) is 3.43. The topological polar surface area (TPSA) is 118 Å². The molecule has 1 fully saturated rings. The molecule has 9 heteroatoms. The first-order chi connectivity index (χ1) is 14.5. The Morgan fingerprint density at radius 1 is 1.20 bits per heavy atom. The number of benzene rings is 1. The van der Waals surface area contributed by atoms with Gasteiger partial charge in [0, 0.05) is 47.9 Å². The van der Waals surface area contributed by atoms with E-state index in [1.54, 1.807) is 31.2 Å². The third-order valence-electron chi connectivity index (χ3n) is 5.03. The molecular formula is C21H22N4O5. The number of hydrogen-bond donors (Lipinski definition) is 2. The highest BCUT2D eigenvalue weighted by Gasteiger charge is 2.17. The van der Waals surface area contributed by atoms with Gasteiger partial charge in [0.2, 0.25) is 11.9 Å². The van der Waals surface area contributed by atoms with Crippen molar-refractivity contribution in [3.8, 4) is 0 Å². The fourth-order valence-electron chi connectivity index (χ4n) is 3.43. The van der Waals surface area contributed by atoms with Gasteiger partial charge in [-0.25, -0.2) is 9.78 Å². The molecule has 1 aliphatic rings. The Hall–Kier alpha value is -3.46. The molecular weight excluding hydrogens is 388 g/mol. The van der Waals surface area contributed by atoms with E-state index in [1.807, 2.05) is 4.90 Å². The van der Waals surface area contributed by atoms with Crippen molar-refractivity contribution < 1.29 is 13.9 Å². The summed E-state index contributed by atoms with van der Waals surface area (Å²) in [6.45, 7) is 4.35. The molecule has 9 nitrogen and oxygen atoms in total. The number of carbonyl (C=O) groups is 1. The van der Waals surface area contributed by atoms with Crippen molar-refractivity contribution in [2.24, 2.45) is 0 Å². The molecule has 3 heterocycles. The maximum Gasteiger partial charge on any atom is 0.336 e. The highest BCUT2D eigenvalue weighted by molar-refractivity contribution is 5.93. The zero-order chi connectivity index (χ0) is 21.1. The maximum absolute atomic E-state index is 12.5. The summed E-state index contributed by atoms with van der Waals surface area (Å²) in [4.78, 5) is 45.5. The van der Waals surface area contributed by atoms with Gasteiger partial charge in [0.15, 0.2) is 0 Å². The number of rotatable bonds is 5. The lowest BCUT2D eigenvalue weighted by Gasteiger charge is -2.27. The van der Waals surface area contributed by atoms with Crippen LogP contribution < -0.4 is 21.4 Å². The molecule has 0 bridgehead atoms. The molecule has 1 saturated heterocycles. The predicted molar refractivity (Wildman–Crippen MR) is 112 cm³/mol. The number of fused-ring (bicyclic) bond motifs is 1. The van der Waals surface area contributed by atoms with Gasteiger partial charge in [-0.3, -0.25) is 14.6 Å². The van der Waals surface area contributed by atoms with E-state index in [9.17, 15) is 14.4 Å². The number of hydrogen-bond acceptors (Lipinski definition) is 7. The highest BCUT2D eigenvalue weighted by Crippen LogP contribution is 2.18. The molecule has 1 aromatic carbocycles. The molecule has 30 heavy (non-hydrogen) atoms. The van der Waals surface area contributed by atoms with Crippen LogP contribution in [-0.2, 0) is 16.0 Å². The number of amides is 1. The van der Waals surface area contributed by atoms with E-state index in [2.05, 4.69) is 15.3 Å². The van der Waals surface area contributed by atoms with E-state index in [0.29, 0.717) is 60.2 Å². The van der Waals surface area contributed by atoms with Crippen LogP contribution in [0.4, 0.5) is 11.6 Å². The first-order valence-corrected chi connectivity index (χ1v) is 9.76. The number of morpholine rings is 1. The van der Waals surface area contributed by atoms with Crippen molar-refractivity contribution >= 4 is 28.5 Å². The fraction of sp³-hybridized carbons (Fsp3) is 0.333. The van der Waals surface area contributed by atoms with Crippen LogP contribution >= 0.6 is 0 Å². The summed E-state index contributed by atoms with van der Waals surface area (Å²) in [7, 11) is 0. The Bertz CT molecular complexity index is 1190. The van der Waals surface area contributed by atoms with Crippen molar-refractivity contribution in [2.75, 3.05) is 36.5 Å². The van der Waals surface area contributed by atoms with Gasteiger partial charge in [-0.05, 0) is 37.6 Å². The minimum Gasteiger partial charge on any atom is -0.423 e. The third-order valence-corrected chi connectivity index (χ3v) is 5.03. The van der Waals surface area contributed by atoms with E-state index in [4.69, 9.17) is 9.15 Å². The SMILES string of the molecule is Cc1nc(N2CCOCC2)[nH]c(=O)c1CCC(=O)Nc1ccc2oc(=O)ccc2c1. The minimum absolute atomic E-state index is 0.143. The molecule has 0 aliphatic carbocycles. The van der Waals surface area contributed by atoms with Gasteiger partial charge in [0.1, 0.15) is 5.58 Å². The van der Waals surface area contributed by atoms with Crippen LogP contribution in [0.5, 0.6) is 0 Å². The smallest absolute Gasteiger partial charge is 0.336 e. The van der Waals surface area contributed by atoms with Gasteiger partial charge in [-0.15, -0.1) is 0 Å². The number of H-pyrrole nitrogens is 1. The molecule has 0 radical (unpaired) electrons. The molecule has 0 unspecified atom stereocenters. The number of aromatic amines is 1. The first kappa shape index (κ1) is 19.8. The molecule has 1 amide bonds. The number of aryl methyl sites for hydroxylation is 1. The van der Waals surface area contributed by atoms with Crippen LogP contribution in [0.15, 0.2) is 44.3 Å². The molecule has 3 aromatic rings. The standard InChI is InChI=1S/C21H22N4O5/c1-13-16(20(28)24-21(22-13)25-8-10-29-11-9-25)4-6-18(26)23-15-3-5-17-14(12-15)2-7-19(27)30-17/h2-3,5,7,12H,4,6,8-11H2,1H3,(H,23,26)(H,22,24,28). The average molecular weight is 410 g/mol. The lowest BCUT2D eigenvalue weighted by atomic mass is 10.1. The molecule has 0 spiro atoms. The second kappa shape index (κ2) is 8.50. The minimum atomic E-state index is -0.423. The molecule has 4 rings (SSSR count). The normalized spacial score (nSPS) is 14.1. The van der Waals surface area contributed by atoms with Gasteiger partial charge in [-0.2, -0.15) is 0 Å². The predicted octanol–water partition coefficient (Wildman–Crippen LogP) is 1.59. The zero-order valence-corrected chi connectivity index (χ0v) is 16.6. The number of nitrogens with one attached hydrogen (secondary N) is 2. The summed E-state index contributed by atoms with van der Waals surface area (Å²) in [6.07, 6.45) is 0.427. The van der Waals surface area contributed by atoms with E-state index >= 15 is 0 Å². The summed E-state index contributed by atoms with van der Waals surface area (Å²) >= 11 is 0. The second-order valence-corrected chi connectivity index (χ2v) is 7.11.